The molecule has 134 valence electrons. The van der Waals surface area contributed by atoms with Gasteiger partial charge in [0, 0.05) is 5.69 Å². The van der Waals surface area contributed by atoms with Gasteiger partial charge in [-0.25, -0.2) is 8.42 Å². The van der Waals surface area contributed by atoms with E-state index in [0.29, 0.717) is 5.69 Å². The molecule has 0 radical (unpaired) electrons. The number of nitrogens with one attached hydrogen (secondary N) is 3. The number of hydrogen-bond donors (Lipinski definition) is 3. The van der Waals surface area contributed by atoms with Crippen molar-refractivity contribution in [2.24, 2.45) is 0 Å². The number of amides is 1. The van der Waals surface area contributed by atoms with E-state index in [4.69, 9.17) is 0 Å². The van der Waals surface area contributed by atoms with E-state index in [2.05, 4.69) is 20.1 Å². The van der Waals surface area contributed by atoms with Gasteiger partial charge >= 0.3 is 5.97 Å². The molecule has 24 heavy (non-hydrogen) atoms. The van der Waals surface area contributed by atoms with Crippen LogP contribution in [0.3, 0.4) is 0 Å². The summed E-state index contributed by atoms with van der Waals surface area (Å²) in [5.41, 5.74) is 0.379. The number of esters is 1. The Morgan fingerprint density at radius 1 is 1.38 bits per heavy atom. The molecular weight excluding hydrogens is 358 g/mol. The minimum absolute atomic E-state index is 0. The van der Waals surface area contributed by atoms with Crippen molar-refractivity contribution >= 4 is 40.0 Å². The van der Waals surface area contributed by atoms with Gasteiger partial charge in [-0.05, 0) is 37.6 Å². The standard InChI is InChI=1S/C14H19N3O5S.ClH/c1-22-13(18)9-16-23(20,21)11-5-2-4-10(8-11)17-14(19)12-6-3-7-15-12;/h2,4-5,8,12,15-16H,3,6-7,9H2,1H3,(H,17,19);1H. The molecule has 8 nitrogen and oxygen atoms in total. The lowest BCUT2D eigenvalue weighted by Crippen LogP contribution is -2.35. The molecule has 1 aromatic rings. The Morgan fingerprint density at radius 3 is 2.75 bits per heavy atom. The fraction of sp³-hybridized carbons (Fsp3) is 0.429. The highest BCUT2D eigenvalue weighted by Gasteiger charge is 2.22. The normalized spacial score (nSPS) is 17.0. The first-order valence-corrected chi connectivity index (χ1v) is 8.61. The van der Waals surface area contributed by atoms with Gasteiger partial charge in [-0.1, -0.05) is 6.07 Å². The zero-order valence-corrected chi connectivity index (χ0v) is 14.7. The van der Waals surface area contributed by atoms with Crippen LogP contribution in [0, 0.1) is 0 Å². The second-order valence-corrected chi connectivity index (χ2v) is 6.83. The third-order valence-electron chi connectivity index (χ3n) is 3.42. The predicted molar refractivity (Wildman–Crippen MR) is 90.5 cm³/mol. The number of anilines is 1. The van der Waals surface area contributed by atoms with Gasteiger partial charge in [0.05, 0.1) is 18.0 Å². The van der Waals surface area contributed by atoms with Crippen LogP contribution in [0.2, 0.25) is 0 Å². The molecule has 0 aliphatic carbocycles. The molecule has 0 saturated carbocycles. The first-order valence-electron chi connectivity index (χ1n) is 7.13. The van der Waals surface area contributed by atoms with Gasteiger partial charge in [-0.3, -0.25) is 9.59 Å². The monoisotopic (exact) mass is 377 g/mol. The number of sulfonamides is 1. The smallest absolute Gasteiger partial charge is 0.320 e. The second-order valence-electron chi connectivity index (χ2n) is 5.07. The van der Waals surface area contributed by atoms with Crippen LogP contribution >= 0.6 is 12.4 Å². The maximum absolute atomic E-state index is 12.1. The fourth-order valence-electron chi connectivity index (χ4n) is 2.19. The number of halogens is 1. The highest BCUT2D eigenvalue weighted by Crippen LogP contribution is 2.16. The van der Waals surface area contributed by atoms with E-state index in [1.807, 2.05) is 0 Å². The van der Waals surface area contributed by atoms with E-state index in [1.165, 1.54) is 25.3 Å². The number of carbonyl (C=O) groups is 2. The molecule has 0 aromatic heterocycles. The topological polar surface area (TPSA) is 114 Å². The quantitative estimate of drug-likeness (QED) is 0.612. The molecule has 3 N–H and O–H groups in total. The molecule has 2 rings (SSSR count). The van der Waals surface area contributed by atoms with Crippen molar-refractivity contribution < 1.29 is 22.7 Å². The number of benzene rings is 1. The fourth-order valence-corrected chi connectivity index (χ4v) is 3.20. The largest absolute Gasteiger partial charge is 0.468 e. The molecule has 1 aromatic carbocycles. The first-order chi connectivity index (χ1) is 10.9. The number of methoxy groups -OCH3 is 1. The van der Waals surface area contributed by atoms with Gasteiger partial charge in [-0.2, -0.15) is 4.72 Å². The maximum Gasteiger partial charge on any atom is 0.320 e. The van der Waals surface area contributed by atoms with E-state index < -0.39 is 22.5 Å². The van der Waals surface area contributed by atoms with Crippen LogP contribution < -0.4 is 15.4 Å². The predicted octanol–water partition coefficient (Wildman–Crippen LogP) is 0.250. The van der Waals surface area contributed by atoms with Crippen LogP contribution in [0.25, 0.3) is 0 Å². The zero-order chi connectivity index (χ0) is 16.9. The Hall–Kier alpha value is -1.68. The van der Waals surface area contributed by atoms with Gasteiger partial charge < -0.3 is 15.4 Å². The molecular formula is C14H20ClN3O5S. The van der Waals surface area contributed by atoms with Gasteiger partial charge in [0.15, 0.2) is 0 Å². The summed E-state index contributed by atoms with van der Waals surface area (Å²) in [6, 6.07) is 5.58. The molecule has 1 fully saturated rings. The summed E-state index contributed by atoms with van der Waals surface area (Å²) in [4.78, 5) is 23.0. The Kier molecular flexibility index (Phi) is 7.61. The molecule has 10 heteroatoms. The third-order valence-corrected chi connectivity index (χ3v) is 4.82. The van der Waals surface area contributed by atoms with E-state index in [-0.39, 0.29) is 29.3 Å². The number of hydrogen-bond acceptors (Lipinski definition) is 6. The highest BCUT2D eigenvalue weighted by atomic mass is 35.5. The van der Waals surface area contributed by atoms with Crippen molar-refractivity contribution in [1.82, 2.24) is 10.0 Å². The average Bonchev–Trinajstić information content (AvgIpc) is 3.07. The Bertz CT molecular complexity index is 689. The van der Waals surface area contributed by atoms with Gasteiger partial charge in [0.25, 0.3) is 0 Å². The first kappa shape index (κ1) is 20.4. The number of carbonyl (C=O) groups excluding carboxylic acids is 2. The Balaban J connectivity index is 0.00000288. The molecule has 1 amide bonds. The van der Waals surface area contributed by atoms with Crippen LogP contribution in [0.15, 0.2) is 29.2 Å². The van der Waals surface area contributed by atoms with Gasteiger partial charge in [0.1, 0.15) is 6.54 Å². The van der Waals surface area contributed by atoms with Crippen LogP contribution in [0.4, 0.5) is 5.69 Å². The molecule has 1 heterocycles. The van der Waals surface area contributed by atoms with Crippen molar-refractivity contribution in [1.29, 1.82) is 0 Å². The van der Waals surface area contributed by atoms with Crippen molar-refractivity contribution in [3.05, 3.63) is 24.3 Å². The molecule has 1 aliphatic heterocycles. The highest BCUT2D eigenvalue weighted by molar-refractivity contribution is 7.89. The van der Waals surface area contributed by atoms with Gasteiger partial charge in [0.2, 0.25) is 15.9 Å². The van der Waals surface area contributed by atoms with Crippen LogP contribution in [0.5, 0.6) is 0 Å². The van der Waals surface area contributed by atoms with Crippen molar-refractivity contribution in [3.63, 3.8) is 0 Å². The van der Waals surface area contributed by atoms with E-state index in [9.17, 15) is 18.0 Å². The second kappa shape index (κ2) is 8.97. The van der Waals surface area contributed by atoms with E-state index >= 15 is 0 Å². The van der Waals surface area contributed by atoms with Gasteiger partial charge in [-0.15, -0.1) is 12.4 Å². The summed E-state index contributed by atoms with van der Waals surface area (Å²) in [5, 5.41) is 5.75. The number of ether oxygens (including phenoxy) is 1. The SMILES string of the molecule is COC(=O)CNS(=O)(=O)c1cccc(NC(=O)C2CCCN2)c1.Cl. The minimum atomic E-state index is -3.86. The van der Waals surface area contributed by atoms with E-state index in [0.717, 1.165) is 19.4 Å². The Labute approximate surface area is 146 Å². The molecule has 1 saturated heterocycles. The van der Waals surface area contributed by atoms with Crippen molar-refractivity contribution in [2.75, 3.05) is 25.5 Å². The summed E-state index contributed by atoms with van der Waals surface area (Å²) >= 11 is 0. The van der Waals surface area contributed by atoms with Crippen LogP contribution in [-0.4, -0.2) is 46.5 Å². The molecule has 1 atom stereocenters. The van der Waals surface area contributed by atoms with Crippen LogP contribution in [-0.2, 0) is 24.3 Å². The lowest BCUT2D eigenvalue weighted by molar-refractivity contribution is -0.139. The summed E-state index contributed by atoms with van der Waals surface area (Å²) in [6.07, 6.45) is 1.69. The summed E-state index contributed by atoms with van der Waals surface area (Å²) in [6.45, 7) is 0.339. The van der Waals surface area contributed by atoms with Crippen molar-refractivity contribution in [3.8, 4) is 0 Å². The average molecular weight is 378 g/mol. The lowest BCUT2D eigenvalue weighted by Gasteiger charge is -2.12. The Morgan fingerprint density at radius 2 is 2.12 bits per heavy atom. The lowest BCUT2D eigenvalue weighted by atomic mass is 10.2. The minimum Gasteiger partial charge on any atom is -0.468 e. The van der Waals surface area contributed by atoms with Crippen LogP contribution in [0.1, 0.15) is 12.8 Å². The zero-order valence-electron chi connectivity index (χ0n) is 13.1. The summed E-state index contributed by atoms with van der Waals surface area (Å²) < 4.78 is 30.7. The molecule has 1 aliphatic rings. The summed E-state index contributed by atoms with van der Waals surface area (Å²) in [5.74, 6) is -0.884. The summed E-state index contributed by atoms with van der Waals surface area (Å²) in [7, 11) is -2.69. The third kappa shape index (κ3) is 5.45. The molecule has 0 spiro atoms. The van der Waals surface area contributed by atoms with Crippen molar-refractivity contribution in [2.45, 2.75) is 23.8 Å². The van der Waals surface area contributed by atoms with E-state index in [1.54, 1.807) is 6.07 Å². The molecule has 1 unspecified atom stereocenters. The number of rotatable bonds is 6. The maximum atomic E-state index is 12.1. The molecule has 0 bridgehead atoms.